The molecule has 2 aromatic rings. The molecule has 0 spiro atoms. The van der Waals surface area contributed by atoms with E-state index in [1.165, 1.54) is 12.0 Å². The summed E-state index contributed by atoms with van der Waals surface area (Å²) in [6, 6.07) is 7.24. The molecular weight excluding hydrogens is 324 g/mol. The van der Waals surface area contributed by atoms with E-state index in [4.69, 9.17) is 4.74 Å². The molecule has 0 fully saturated rings. The standard InChI is InChI=1S/C18H22N2O5/c1-18(2,3)20(17(23)24)10-9-11-5-7-12(8-6-11)19-13-14(21)15(22)16(13)25-4/h5-8,19H,9-10H2,1-4H3,(H,23,24). The van der Waals surface area contributed by atoms with Crippen molar-refractivity contribution < 1.29 is 14.6 Å². The highest BCUT2D eigenvalue weighted by atomic mass is 16.5. The SMILES string of the molecule is COc1c(Nc2ccc(CCN(C(=O)O)C(C)(C)C)cc2)c(=O)c1=O. The normalized spacial score (nSPS) is 11.4. The number of carbonyl (C=O) groups is 1. The van der Waals surface area contributed by atoms with Crippen LogP contribution in [0.15, 0.2) is 33.9 Å². The van der Waals surface area contributed by atoms with Crippen LogP contribution in [0.25, 0.3) is 0 Å². The van der Waals surface area contributed by atoms with Gasteiger partial charge in [0, 0.05) is 17.8 Å². The molecule has 0 saturated carbocycles. The van der Waals surface area contributed by atoms with E-state index in [1.807, 2.05) is 32.9 Å². The van der Waals surface area contributed by atoms with Gasteiger partial charge in [-0.2, -0.15) is 0 Å². The summed E-state index contributed by atoms with van der Waals surface area (Å²) < 4.78 is 4.88. The fraction of sp³-hybridized carbons (Fsp3) is 0.389. The van der Waals surface area contributed by atoms with Crippen molar-refractivity contribution in [2.24, 2.45) is 0 Å². The molecule has 1 amide bonds. The lowest BCUT2D eigenvalue weighted by Gasteiger charge is -2.33. The maximum Gasteiger partial charge on any atom is 0.407 e. The average molecular weight is 346 g/mol. The second-order valence-electron chi connectivity index (χ2n) is 6.74. The monoisotopic (exact) mass is 346 g/mol. The number of anilines is 2. The predicted octanol–water partition coefficient (Wildman–Crippen LogP) is 2.36. The second kappa shape index (κ2) is 6.96. The number of amides is 1. The third-order valence-corrected chi connectivity index (χ3v) is 3.96. The van der Waals surface area contributed by atoms with Gasteiger partial charge in [-0.3, -0.25) is 9.59 Å². The van der Waals surface area contributed by atoms with Crippen LogP contribution in [-0.4, -0.2) is 35.3 Å². The Hall–Kier alpha value is -2.83. The molecule has 2 rings (SSSR count). The number of ether oxygens (including phenoxy) is 1. The predicted molar refractivity (Wildman–Crippen MR) is 95.8 cm³/mol. The van der Waals surface area contributed by atoms with Gasteiger partial charge >= 0.3 is 6.09 Å². The van der Waals surface area contributed by atoms with E-state index in [-0.39, 0.29) is 11.4 Å². The summed E-state index contributed by atoms with van der Waals surface area (Å²) in [6.45, 7) is 5.95. The molecular formula is C18H22N2O5. The van der Waals surface area contributed by atoms with Crippen LogP contribution in [0.4, 0.5) is 16.2 Å². The molecule has 0 unspecified atom stereocenters. The number of carboxylic acid groups (broad SMARTS) is 1. The van der Waals surface area contributed by atoms with Crippen LogP contribution < -0.4 is 20.9 Å². The molecule has 2 N–H and O–H groups in total. The Bertz CT molecular complexity index is 827. The Morgan fingerprint density at radius 1 is 1.16 bits per heavy atom. The van der Waals surface area contributed by atoms with E-state index in [0.717, 1.165) is 5.56 Å². The van der Waals surface area contributed by atoms with Crippen LogP contribution in [0.2, 0.25) is 0 Å². The molecule has 0 radical (unpaired) electrons. The van der Waals surface area contributed by atoms with Crippen LogP contribution in [0.1, 0.15) is 26.3 Å². The number of rotatable bonds is 6. The van der Waals surface area contributed by atoms with Gasteiger partial charge in [-0.25, -0.2) is 4.79 Å². The van der Waals surface area contributed by atoms with Gasteiger partial charge in [0.25, 0.3) is 10.9 Å². The fourth-order valence-corrected chi connectivity index (χ4v) is 2.54. The maximum absolute atomic E-state index is 11.5. The van der Waals surface area contributed by atoms with E-state index in [9.17, 15) is 19.5 Å². The summed E-state index contributed by atoms with van der Waals surface area (Å²) in [4.78, 5) is 35.6. The van der Waals surface area contributed by atoms with Crippen LogP contribution in [0.3, 0.4) is 0 Å². The topological polar surface area (TPSA) is 95.9 Å². The van der Waals surface area contributed by atoms with Crippen molar-refractivity contribution >= 4 is 17.5 Å². The number of hydrogen-bond acceptors (Lipinski definition) is 5. The Kier molecular flexibility index (Phi) is 5.15. The molecule has 134 valence electrons. The van der Waals surface area contributed by atoms with Gasteiger partial charge in [-0.05, 0) is 44.9 Å². The van der Waals surface area contributed by atoms with Crippen molar-refractivity contribution in [1.82, 2.24) is 4.90 Å². The minimum Gasteiger partial charge on any atom is -0.491 e. The zero-order valence-corrected chi connectivity index (χ0v) is 14.8. The Labute approximate surface area is 145 Å². The zero-order chi connectivity index (χ0) is 18.8. The lowest BCUT2D eigenvalue weighted by atomic mass is 10.0. The Morgan fingerprint density at radius 3 is 2.24 bits per heavy atom. The molecule has 0 aromatic heterocycles. The summed E-state index contributed by atoms with van der Waals surface area (Å²) in [7, 11) is 1.34. The van der Waals surface area contributed by atoms with Gasteiger partial charge in [-0.15, -0.1) is 0 Å². The van der Waals surface area contributed by atoms with Gasteiger partial charge in [0.15, 0.2) is 5.75 Å². The van der Waals surface area contributed by atoms with Gasteiger partial charge in [0.1, 0.15) is 5.69 Å². The molecule has 2 aromatic carbocycles. The average Bonchev–Trinajstić information content (AvgIpc) is 2.54. The van der Waals surface area contributed by atoms with Crippen molar-refractivity contribution in [3.63, 3.8) is 0 Å². The summed E-state index contributed by atoms with van der Waals surface area (Å²) in [6.07, 6.45) is -0.370. The van der Waals surface area contributed by atoms with Crippen molar-refractivity contribution in [3.8, 4) is 5.75 Å². The van der Waals surface area contributed by atoms with E-state index in [2.05, 4.69) is 5.32 Å². The molecule has 0 atom stereocenters. The number of hydrogen-bond donors (Lipinski definition) is 2. The molecule has 7 heteroatoms. The molecule has 25 heavy (non-hydrogen) atoms. The highest BCUT2D eigenvalue weighted by Gasteiger charge is 2.25. The van der Waals surface area contributed by atoms with E-state index in [1.54, 1.807) is 12.1 Å². The molecule has 0 aliphatic carbocycles. The Morgan fingerprint density at radius 2 is 1.76 bits per heavy atom. The molecule has 0 bridgehead atoms. The Balaban J connectivity index is 2.03. The first kappa shape index (κ1) is 18.5. The van der Waals surface area contributed by atoms with Gasteiger partial charge in [0.2, 0.25) is 0 Å². The zero-order valence-electron chi connectivity index (χ0n) is 14.8. The lowest BCUT2D eigenvalue weighted by Crippen LogP contribution is -2.45. The first-order chi connectivity index (χ1) is 11.6. The summed E-state index contributed by atoms with van der Waals surface area (Å²) in [5, 5.41) is 12.2. The van der Waals surface area contributed by atoms with Crippen LogP contribution in [-0.2, 0) is 6.42 Å². The first-order valence-corrected chi connectivity index (χ1v) is 7.89. The fourth-order valence-electron chi connectivity index (χ4n) is 2.54. The van der Waals surface area contributed by atoms with Crippen molar-refractivity contribution in [1.29, 1.82) is 0 Å². The second-order valence-corrected chi connectivity index (χ2v) is 6.74. The van der Waals surface area contributed by atoms with Crippen LogP contribution >= 0.6 is 0 Å². The highest BCUT2D eigenvalue weighted by Crippen LogP contribution is 2.22. The van der Waals surface area contributed by atoms with Crippen molar-refractivity contribution in [2.75, 3.05) is 19.0 Å². The highest BCUT2D eigenvalue weighted by molar-refractivity contribution is 5.70. The summed E-state index contributed by atoms with van der Waals surface area (Å²) in [5.41, 5.74) is 0.0943. The van der Waals surface area contributed by atoms with Crippen molar-refractivity contribution in [3.05, 3.63) is 50.3 Å². The smallest absolute Gasteiger partial charge is 0.407 e. The number of benzene rings is 1. The molecule has 7 nitrogen and oxygen atoms in total. The minimum atomic E-state index is -0.946. The van der Waals surface area contributed by atoms with E-state index < -0.39 is 22.5 Å². The largest absolute Gasteiger partial charge is 0.491 e. The number of methoxy groups -OCH3 is 1. The molecule has 0 aliphatic heterocycles. The number of nitrogens with one attached hydrogen (secondary N) is 1. The third kappa shape index (κ3) is 3.99. The van der Waals surface area contributed by atoms with Gasteiger partial charge in [0.05, 0.1) is 7.11 Å². The van der Waals surface area contributed by atoms with Gasteiger partial charge < -0.3 is 20.1 Å². The van der Waals surface area contributed by atoms with Crippen LogP contribution in [0, 0.1) is 0 Å². The van der Waals surface area contributed by atoms with Crippen molar-refractivity contribution in [2.45, 2.75) is 32.7 Å². The minimum absolute atomic E-state index is 0.0383. The molecule has 0 heterocycles. The van der Waals surface area contributed by atoms with E-state index in [0.29, 0.717) is 18.7 Å². The summed E-state index contributed by atoms with van der Waals surface area (Å²) in [5.74, 6) is 0.0383. The first-order valence-electron chi connectivity index (χ1n) is 7.89. The molecule has 0 saturated heterocycles. The lowest BCUT2D eigenvalue weighted by molar-refractivity contribution is 0.101. The van der Waals surface area contributed by atoms with E-state index >= 15 is 0 Å². The quantitative estimate of drug-likeness (QED) is 0.780. The van der Waals surface area contributed by atoms with Crippen LogP contribution in [0.5, 0.6) is 5.75 Å². The summed E-state index contributed by atoms with van der Waals surface area (Å²) >= 11 is 0. The molecule has 0 aliphatic rings. The maximum atomic E-state index is 11.5. The van der Waals surface area contributed by atoms with Gasteiger partial charge in [-0.1, -0.05) is 12.1 Å². The third-order valence-electron chi connectivity index (χ3n) is 3.96. The number of nitrogens with zero attached hydrogens (tertiary/aromatic N) is 1.